The van der Waals surface area contributed by atoms with Crippen molar-refractivity contribution in [2.45, 2.75) is 89.9 Å². The summed E-state index contributed by atoms with van der Waals surface area (Å²) in [5, 5.41) is 13.3. The molecule has 2 aromatic rings. The smallest absolute Gasteiger partial charge is 0.338 e. The highest BCUT2D eigenvalue weighted by atomic mass is 28.4. The maximum atomic E-state index is 13.1. The van der Waals surface area contributed by atoms with Crippen LogP contribution in [0.25, 0.3) is 0 Å². The molecular formula is C29H42O6Si. The zero-order valence-corrected chi connectivity index (χ0v) is 23.5. The van der Waals surface area contributed by atoms with Gasteiger partial charge in [-0.3, -0.25) is 0 Å². The SMILES string of the molecule is CC(C)(C)OC(=O)[C@@H](OC1CCCCO1)[C@H](O)CO[Si](c1ccccc1)(c1ccccc1)C(C)(C)C. The van der Waals surface area contributed by atoms with E-state index >= 15 is 0 Å². The van der Waals surface area contributed by atoms with Crippen molar-refractivity contribution in [1.82, 2.24) is 0 Å². The highest BCUT2D eigenvalue weighted by molar-refractivity contribution is 6.99. The Morgan fingerprint density at radius 3 is 1.97 bits per heavy atom. The zero-order chi connectivity index (χ0) is 26.4. The lowest BCUT2D eigenvalue weighted by atomic mass is 10.1. The first-order valence-corrected chi connectivity index (χ1v) is 14.8. The van der Waals surface area contributed by atoms with Gasteiger partial charge in [-0.2, -0.15) is 0 Å². The van der Waals surface area contributed by atoms with E-state index in [9.17, 15) is 9.90 Å². The van der Waals surface area contributed by atoms with Gasteiger partial charge in [0.25, 0.3) is 8.32 Å². The number of carbonyl (C=O) groups excluding carboxylic acids is 1. The van der Waals surface area contributed by atoms with Gasteiger partial charge >= 0.3 is 5.97 Å². The summed E-state index contributed by atoms with van der Waals surface area (Å²) < 4.78 is 24.2. The van der Waals surface area contributed by atoms with E-state index in [2.05, 4.69) is 45.0 Å². The first kappa shape index (κ1) is 28.5. The monoisotopic (exact) mass is 514 g/mol. The van der Waals surface area contributed by atoms with Crippen molar-refractivity contribution in [2.24, 2.45) is 0 Å². The fourth-order valence-electron chi connectivity index (χ4n) is 4.70. The highest BCUT2D eigenvalue weighted by Gasteiger charge is 2.51. The Morgan fingerprint density at radius 2 is 1.53 bits per heavy atom. The van der Waals surface area contributed by atoms with E-state index in [1.165, 1.54) is 0 Å². The summed E-state index contributed by atoms with van der Waals surface area (Å²) in [6.45, 7) is 12.4. The Bertz CT molecular complexity index is 906. The van der Waals surface area contributed by atoms with Crippen molar-refractivity contribution in [2.75, 3.05) is 13.2 Å². The number of carbonyl (C=O) groups is 1. The van der Waals surface area contributed by atoms with Gasteiger partial charge < -0.3 is 23.7 Å². The zero-order valence-electron chi connectivity index (χ0n) is 22.5. The molecule has 1 fully saturated rings. The number of aliphatic hydroxyl groups is 1. The van der Waals surface area contributed by atoms with Crippen LogP contribution in [0.5, 0.6) is 0 Å². The molecule has 0 radical (unpaired) electrons. The molecule has 1 saturated heterocycles. The second-order valence-corrected chi connectivity index (χ2v) is 15.7. The van der Waals surface area contributed by atoms with Crippen LogP contribution in [0.1, 0.15) is 60.8 Å². The van der Waals surface area contributed by atoms with Crippen LogP contribution in [0, 0.1) is 0 Å². The van der Waals surface area contributed by atoms with Crippen molar-refractivity contribution >= 4 is 24.7 Å². The van der Waals surface area contributed by atoms with Gasteiger partial charge in [-0.15, -0.1) is 0 Å². The summed E-state index contributed by atoms with van der Waals surface area (Å²) in [5.41, 5.74) is -0.718. The van der Waals surface area contributed by atoms with E-state index in [1.807, 2.05) is 36.4 Å². The maximum Gasteiger partial charge on any atom is 0.338 e. The molecule has 1 N–H and O–H groups in total. The molecule has 36 heavy (non-hydrogen) atoms. The van der Waals surface area contributed by atoms with Crippen LogP contribution in [0.3, 0.4) is 0 Å². The molecule has 2 aromatic carbocycles. The average Bonchev–Trinajstić information content (AvgIpc) is 2.83. The highest BCUT2D eigenvalue weighted by Crippen LogP contribution is 2.37. The van der Waals surface area contributed by atoms with E-state index in [0.717, 1.165) is 23.2 Å². The Balaban J connectivity index is 1.93. The molecule has 0 bridgehead atoms. The van der Waals surface area contributed by atoms with Gasteiger partial charge in [0.1, 0.15) is 11.7 Å². The minimum Gasteiger partial charge on any atom is -0.458 e. The molecule has 198 valence electrons. The predicted octanol–water partition coefficient (Wildman–Crippen LogP) is 4.18. The lowest BCUT2D eigenvalue weighted by Crippen LogP contribution is -2.67. The number of benzene rings is 2. The second kappa shape index (κ2) is 12.0. The molecular weight excluding hydrogens is 472 g/mol. The normalized spacial score (nSPS) is 18.9. The van der Waals surface area contributed by atoms with E-state index in [1.54, 1.807) is 20.8 Å². The summed E-state index contributed by atoms with van der Waals surface area (Å²) in [7, 11) is -2.89. The summed E-state index contributed by atoms with van der Waals surface area (Å²) in [4.78, 5) is 13.1. The van der Waals surface area contributed by atoms with Crippen LogP contribution >= 0.6 is 0 Å². The number of hydrogen-bond acceptors (Lipinski definition) is 6. The van der Waals surface area contributed by atoms with Gasteiger partial charge in [-0.05, 0) is 55.4 Å². The minimum atomic E-state index is -2.89. The number of hydrogen-bond donors (Lipinski definition) is 1. The van der Waals surface area contributed by atoms with E-state index in [-0.39, 0.29) is 11.6 Å². The van der Waals surface area contributed by atoms with Crippen LogP contribution in [-0.2, 0) is 23.4 Å². The largest absolute Gasteiger partial charge is 0.458 e. The molecule has 3 atom stereocenters. The third-order valence-corrected chi connectivity index (χ3v) is 11.3. The van der Waals surface area contributed by atoms with Crippen molar-refractivity contribution in [3.63, 3.8) is 0 Å². The van der Waals surface area contributed by atoms with Crippen LogP contribution < -0.4 is 10.4 Å². The molecule has 3 rings (SSSR count). The van der Waals surface area contributed by atoms with Gasteiger partial charge in [0.15, 0.2) is 12.4 Å². The van der Waals surface area contributed by atoms with E-state index in [0.29, 0.717) is 13.0 Å². The first-order valence-electron chi connectivity index (χ1n) is 12.9. The van der Waals surface area contributed by atoms with Gasteiger partial charge in [0, 0.05) is 6.61 Å². The Kier molecular flexibility index (Phi) is 9.52. The molecule has 0 aromatic heterocycles. The van der Waals surface area contributed by atoms with Crippen LogP contribution in [0.4, 0.5) is 0 Å². The van der Waals surface area contributed by atoms with Crippen LogP contribution in [0.2, 0.25) is 5.04 Å². The molecule has 0 spiro atoms. The molecule has 0 amide bonds. The first-order chi connectivity index (χ1) is 16.9. The molecule has 1 aliphatic rings. The number of esters is 1. The van der Waals surface area contributed by atoms with Crippen molar-refractivity contribution < 1.29 is 28.5 Å². The molecule has 0 saturated carbocycles. The van der Waals surface area contributed by atoms with Gasteiger partial charge in [-0.1, -0.05) is 81.4 Å². The predicted molar refractivity (Wildman–Crippen MR) is 144 cm³/mol. The lowest BCUT2D eigenvalue weighted by Gasteiger charge is -2.43. The minimum absolute atomic E-state index is 0.0795. The maximum absolute atomic E-state index is 13.1. The molecule has 1 aliphatic heterocycles. The second-order valence-electron chi connectivity index (χ2n) is 11.4. The topological polar surface area (TPSA) is 74.2 Å². The molecule has 6 nitrogen and oxygen atoms in total. The van der Waals surface area contributed by atoms with Gasteiger partial charge in [-0.25, -0.2) is 4.79 Å². The van der Waals surface area contributed by atoms with Crippen molar-refractivity contribution in [3.05, 3.63) is 60.7 Å². The van der Waals surface area contributed by atoms with Crippen molar-refractivity contribution in [1.29, 1.82) is 0 Å². The lowest BCUT2D eigenvalue weighted by molar-refractivity contribution is -0.225. The Hall–Kier alpha value is -2.03. The van der Waals surface area contributed by atoms with Crippen molar-refractivity contribution in [3.8, 4) is 0 Å². The average molecular weight is 515 g/mol. The molecule has 1 heterocycles. The van der Waals surface area contributed by atoms with E-state index in [4.69, 9.17) is 18.6 Å². The summed E-state index contributed by atoms with van der Waals surface area (Å²) in [5.74, 6) is -0.616. The summed E-state index contributed by atoms with van der Waals surface area (Å²) >= 11 is 0. The van der Waals surface area contributed by atoms with Gasteiger partial charge in [0.2, 0.25) is 0 Å². The fraction of sp³-hybridized carbons (Fsp3) is 0.552. The van der Waals surface area contributed by atoms with Crippen LogP contribution in [-0.4, -0.2) is 56.7 Å². The van der Waals surface area contributed by atoms with Crippen LogP contribution in [0.15, 0.2) is 60.7 Å². The Morgan fingerprint density at radius 1 is 0.972 bits per heavy atom. The third-order valence-electron chi connectivity index (χ3n) is 6.31. The third kappa shape index (κ3) is 7.04. The van der Waals surface area contributed by atoms with E-state index < -0.39 is 38.4 Å². The molecule has 7 heteroatoms. The van der Waals surface area contributed by atoms with Gasteiger partial charge in [0.05, 0.1) is 6.61 Å². The number of rotatable bonds is 9. The summed E-state index contributed by atoms with van der Waals surface area (Å²) in [6, 6.07) is 20.4. The summed E-state index contributed by atoms with van der Waals surface area (Å²) in [6.07, 6.45) is -0.435. The molecule has 1 unspecified atom stereocenters. The fourth-order valence-corrected chi connectivity index (χ4v) is 9.28. The standard InChI is InChI=1S/C29H42O6Si/c1-28(2,3)35-27(31)26(34-25-19-13-14-20-32-25)24(30)21-33-36(29(4,5)6,22-15-9-7-10-16-22)23-17-11-8-12-18-23/h7-12,15-18,24-26,30H,13-14,19-21H2,1-6H3/t24-,25?,26+/m1/s1. The Labute approximate surface area is 217 Å². The molecule has 0 aliphatic carbocycles. The quantitative estimate of drug-likeness (QED) is 0.400. The number of ether oxygens (including phenoxy) is 3. The number of aliphatic hydroxyl groups excluding tert-OH is 1.